The Kier molecular flexibility index (Phi) is 4.37. The molecular formula is C9H11IN2O5S. The van der Waals surface area contributed by atoms with Gasteiger partial charge in [-0.1, -0.05) is 0 Å². The van der Waals surface area contributed by atoms with Crippen LogP contribution in [0.1, 0.15) is 0 Å². The van der Waals surface area contributed by atoms with Gasteiger partial charge in [0.1, 0.15) is 11.4 Å². The van der Waals surface area contributed by atoms with Crippen molar-refractivity contribution in [1.82, 2.24) is 0 Å². The van der Waals surface area contributed by atoms with E-state index in [1.165, 1.54) is 26.3 Å². The Bertz CT molecular complexity index is 587. The van der Waals surface area contributed by atoms with Crippen LogP contribution in [-0.2, 0) is 10.0 Å². The fourth-order valence-electron chi connectivity index (χ4n) is 1.27. The number of hydrogen-bond acceptors (Lipinski definition) is 5. The van der Waals surface area contributed by atoms with Crippen molar-refractivity contribution in [3.63, 3.8) is 0 Å². The number of anilines is 1. The molecule has 0 spiro atoms. The second-order valence-electron chi connectivity index (χ2n) is 3.46. The highest BCUT2D eigenvalue weighted by molar-refractivity contribution is 14.1. The third kappa shape index (κ3) is 3.02. The Hall–Kier alpha value is -1.10. The predicted molar refractivity (Wildman–Crippen MR) is 75.6 cm³/mol. The Morgan fingerprint density at radius 3 is 2.39 bits per heavy atom. The molecule has 0 saturated carbocycles. The van der Waals surface area contributed by atoms with Crippen molar-refractivity contribution in [2.45, 2.75) is 0 Å². The topological polar surface area (TPSA) is 89.8 Å². The molecule has 0 amide bonds. The number of halogens is 1. The molecule has 0 aromatic heterocycles. The van der Waals surface area contributed by atoms with Gasteiger partial charge < -0.3 is 4.74 Å². The van der Waals surface area contributed by atoms with Crippen LogP contribution in [0.3, 0.4) is 0 Å². The molecule has 7 nitrogen and oxygen atoms in total. The van der Waals surface area contributed by atoms with Crippen molar-refractivity contribution in [3.05, 3.63) is 25.8 Å². The summed E-state index contributed by atoms with van der Waals surface area (Å²) in [6.07, 6.45) is 0.973. The lowest BCUT2D eigenvalue weighted by atomic mass is 10.2. The average Bonchev–Trinajstić information content (AvgIpc) is 2.26. The van der Waals surface area contributed by atoms with Gasteiger partial charge in [-0.3, -0.25) is 14.4 Å². The summed E-state index contributed by atoms with van der Waals surface area (Å²) in [7, 11) is -0.915. The highest BCUT2D eigenvalue weighted by atomic mass is 127. The number of benzene rings is 1. The summed E-state index contributed by atoms with van der Waals surface area (Å²) in [5, 5.41) is 10.9. The zero-order chi connectivity index (χ0) is 14.1. The third-order valence-corrected chi connectivity index (χ3v) is 4.32. The van der Waals surface area contributed by atoms with Gasteiger partial charge in [0.05, 0.1) is 21.9 Å². The number of nitrogens with zero attached hydrogens (tertiary/aromatic N) is 2. The van der Waals surface area contributed by atoms with Gasteiger partial charge in [0.25, 0.3) is 5.69 Å². The first kappa shape index (κ1) is 15.0. The van der Waals surface area contributed by atoms with Gasteiger partial charge in [0.15, 0.2) is 0 Å². The Morgan fingerprint density at radius 1 is 1.44 bits per heavy atom. The van der Waals surface area contributed by atoms with E-state index in [9.17, 15) is 18.5 Å². The summed E-state index contributed by atoms with van der Waals surface area (Å²) in [5.41, 5.74) is -0.312. The van der Waals surface area contributed by atoms with E-state index in [0.717, 1.165) is 10.6 Å². The van der Waals surface area contributed by atoms with E-state index in [1.54, 1.807) is 0 Å². The van der Waals surface area contributed by atoms with Crippen molar-refractivity contribution >= 4 is 44.0 Å². The fourth-order valence-corrected chi connectivity index (χ4v) is 2.44. The average molecular weight is 386 g/mol. The van der Waals surface area contributed by atoms with Crippen molar-refractivity contribution < 1.29 is 18.1 Å². The Labute approximate surface area is 118 Å². The van der Waals surface area contributed by atoms with Crippen molar-refractivity contribution in [2.75, 3.05) is 24.7 Å². The maximum Gasteiger partial charge on any atom is 0.294 e. The summed E-state index contributed by atoms with van der Waals surface area (Å²) in [6.45, 7) is 0. The number of rotatable bonds is 4. The highest BCUT2D eigenvalue weighted by Gasteiger charge is 2.25. The molecule has 0 radical (unpaired) electrons. The Morgan fingerprint density at radius 2 is 2.00 bits per heavy atom. The van der Waals surface area contributed by atoms with E-state index in [2.05, 4.69) is 0 Å². The number of ether oxygens (including phenoxy) is 1. The van der Waals surface area contributed by atoms with E-state index < -0.39 is 14.9 Å². The van der Waals surface area contributed by atoms with E-state index >= 15 is 0 Å². The van der Waals surface area contributed by atoms with Crippen LogP contribution in [0, 0.1) is 13.7 Å². The number of nitro benzene ring substituents is 1. The first-order valence-electron chi connectivity index (χ1n) is 4.64. The molecule has 0 N–H and O–H groups in total. The van der Waals surface area contributed by atoms with Crippen LogP contribution in [0.15, 0.2) is 12.1 Å². The van der Waals surface area contributed by atoms with Crippen LogP contribution < -0.4 is 9.04 Å². The lowest BCUT2D eigenvalue weighted by Gasteiger charge is -2.17. The van der Waals surface area contributed by atoms with Crippen LogP contribution in [0.4, 0.5) is 11.4 Å². The fraction of sp³-hybridized carbons (Fsp3) is 0.333. The molecule has 0 bridgehead atoms. The molecule has 0 aliphatic carbocycles. The van der Waals surface area contributed by atoms with Crippen LogP contribution in [0.2, 0.25) is 0 Å². The Balaban J connectivity index is 3.54. The van der Waals surface area contributed by atoms with Crippen molar-refractivity contribution in [1.29, 1.82) is 0 Å². The molecular weight excluding hydrogens is 375 g/mol. The van der Waals surface area contributed by atoms with E-state index in [0.29, 0.717) is 9.32 Å². The molecule has 0 unspecified atom stereocenters. The minimum absolute atomic E-state index is 0.0280. The third-order valence-electron chi connectivity index (χ3n) is 2.28. The molecule has 18 heavy (non-hydrogen) atoms. The van der Waals surface area contributed by atoms with Gasteiger partial charge >= 0.3 is 0 Å². The number of hydrogen-bond donors (Lipinski definition) is 0. The minimum atomic E-state index is -3.58. The van der Waals surface area contributed by atoms with E-state index in [4.69, 9.17) is 4.74 Å². The van der Waals surface area contributed by atoms with Gasteiger partial charge in [-0.25, -0.2) is 8.42 Å². The van der Waals surface area contributed by atoms with Crippen LogP contribution in [-0.4, -0.2) is 33.8 Å². The van der Waals surface area contributed by atoms with E-state index in [1.807, 2.05) is 22.6 Å². The van der Waals surface area contributed by atoms with Gasteiger partial charge in [-0.2, -0.15) is 0 Å². The lowest BCUT2D eigenvalue weighted by molar-refractivity contribution is -0.384. The predicted octanol–water partition coefficient (Wildman–Crippen LogP) is 1.60. The molecule has 9 heteroatoms. The SMILES string of the molecule is COc1cc(N(C)S(C)(=O)=O)c([N+](=O)[O-])cc1I. The van der Waals surface area contributed by atoms with Gasteiger partial charge in [-0.05, 0) is 22.6 Å². The zero-order valence-electron chi connectivity index (χ0n) is 9.88. The zero-order valence-corrected chi connectivity index (χ0v) is 12.9. The minimum Gasteiger partial charge on any atom is -0.496 e. The second-order valence-corrected chi connectivity index (χ2v) is 6.64. The summed E-state index contributed by atoms with van der Waals surface area (Å²) in [4.78, 5) is 10.3. The van der Waals surface area contributed by atoms with Crippen molar-refractivity contribution in [2.24, 2.45) is 0 Å². The van der Waals surface area contributed by atoms with Crippen LogP contribution in [0.25, 0.3) is 0 Å². The van der Waals surface area contributed by atoms with Crippen LogP contribution in [0.5, 0.6) is 5.75 Å². The molecule has 0 heterocycles. The maximum atomic E-state index is 11.5. The van der Waals surface area contributed by atoms with Crippen molar-refractivity contribution in [3.8, 4) is 5.75 Å². The summed E-state index contributed by atoms with van der Waals surface area (Å²) in [5.74, 6) is 0.381. The lowest BCUT2D eigenvalue weighted by Crippen LogP contribution is -2.25. The summed E-state index contributed by atoms with van der Waals surface area (Å²) >= 11 is 1.88. The standard InChI is InChI=1S/C9H11IN2O5S/c1-11(18(3,15)16)7-5-9(17-2)6(10)4-8(7)12(13)14/h4-5H,1-3H3. The molecule has 1 aromatic carbocycles. The highest BCUT2D eigenvalue weighted by Crippen LogP contribution is 2.36. The number of nitro groups is 1. The molecule has 0 fully saturated rings. The maximum absolute atomic E-state index is 11.5. The molecule has 1 rings (SSSR count). The van der Waals surface area contributed by atoms with Gasteiger partial charge in [0, 0.05) is 19.2 Å². The first-order chi connectivity index (χ1) is 8.18. The molecule has 0 saturated heterocycles. The summed E-state index contributed by atoms with van der Waals surface area (Å²) < 4.78 is 29.3. The number of methoxy groups -OCH3 is 1. The number of sulfonamides is 1. The van der Waals surface area contributed by atoms with Gasteiger partial charge in [-0.15, -0.1) is 0 Å². The normalized spacial score (nSPS) is 11.1. The smallest absolute Gasteiger partial charge is 0.294 e. The molecule has 1 aromatic rings. The molecule has 0 aliphatic heterocycles. The summed E-state index contributed by atoms with van der Waals surface area (Å²) in [6, 6.07) is 2.61. The second kappa shape index (κ2) is 5.26. The van der Waals surface area contributed by atoms with Gasteiger partial charge in [0.2, 0.25) is 10.0 Å². The molecule has 100 valence electrons. The molecule has 0 aliphatic rings. The monoisotopic (exact) mass is 386 g/mol. The molecule has 0 atom stereocenters. The largest absolute Gasteiger partial charge is 0.496 e. The van der Waals surface area contributed by atoms with E-state index in [-0.39, 0.29) is 11.4 Å². The van der Waals surface area contributed by atoms with Crippen LogP contribution >= 0.6 is 22.6 Å². The quantitative estimate of drug-likeness (QED) is 0.446. The first-order valence-corrected chi connectivity index (χ1v) is 7.57.